The number of hydrogen-bond donors (Lipinski definition) is 1. The van der Waals surface area contributed by atoms with Crippen LogP contribution in [0.3, 0.4) is 0 Å². The van der Waals surface area contributed by atoms with Gasteiger partial charge in [0.05, 0.1) is 15.7 Å². The van der Waals surface area contributed by atoms with E-state index in [9.17, 15) is 4.79 Å². The number of carbonyl (C=O) groups excluding carboxylic acids is 1. The van der Waals surface area contributed by atoms with Gasteiger partial charge in [0.15, 0.2) is 5.13 Å². The number of carbonyl (C=O) groups is 1. The zero-order valence-electron chi connectivity index (χ0n) is 12.4. The van der Waals surface area contributed by atoms with Gasteiger partial charge in [-0.05, 0) is 23.8 Å². The molecule has 0 bridgehead atoms. The van der Waals surface area contributed by atoms with Crippen molar-refractivity contribution in [3.63, 3.8) is 0 Å². The van der Waals surface area contributed by atoms with Crippen LogP contribution in [0.2, 0.25) is 10.0 Å². The maximum Gasteiger partial charge on any atom is 0.250 e. The quantitative estimate of drug-likeness (QED) is 0.589. The zero-order valence-corrected chi connectivity index (χ0v) is 14.7. The molecule has 0 aliphatic carbocycles. The fraction of sp³-hybridized carbons (Fsp3) is 0. The molecular weight excluding hydrogens is 363 g/mol. The fourth-order valence-corrected chi connectivity index (χ4v) is 3.02. The Morgan fingerprint density at radius 2 is 1.88 bits per heavy atom. The van der Waals surface area contributed by atoms with E-state index in [1.165, 1.54) is 17.4 Å². The molecular formula is C18H12Cl2N2OS. The molecule has 3 nitrogen and oxygen atoms in total. The van der Waals surface area contributed by atoms with E-state index in [4.69, 9.17) is 23.2 Å². The van der Waals surface area contributed by atoms with Crippen molar-refractivity contribution < 1.29 is 4.79 Å². The normalized spacial score (nSPS) is 10.9. The Morgan fingerprint density at radius 1 is 1.08 bits per heavy atom. The minimum absolute atomic E-state index is 0.228. The number of anilines is 1. The third kappa shape index (κ3) is 4.23. The third-order valence-electron chi connectivity index (χ3n) is 3.18. The highest BCUT2D eigenvalue weighted by Crippen LogP contribution is 2.30. The monoisotopic (exact) mass is 374 g/mol. The molecule has 0 saturated heterocycles. The number of nitrogens with one attached hydrogen (secondary N) is 1. The zero-order chi connectivity index (χ0) is 16.9. The van der Waals surface area contributed by atoms with E-state index in [0.29, 0.717) is 15.2 Å². The number of thiazole rings is 1. The maximum absolute atomic E-state index is 12.0. The van der Waals surface area contributed by atoms with Crippen LogP contribution in [0.1, 0.15) is 5.56 Å². The summed E-state index contributed by atoms with van der Waals surface area (Å²) in [5.41, 5.74) is 2.55. The maximum atomic E-state index is 12.0. The van der Waals surface area contributed by atoms with Crippen molar-refractivity contribution in [3.05, 3.63) is 75.6 Å². The number of nitrogens with zero attached hydrogens (tertiary/aromatic N) is 1. The van der Waals surface area contributed by atoms with Gasteiger partial charge in [-0.1, -0.05) is 59.6 Å². The molecule has 0 radical (unpaired) electrons. The Hall–Kier alpha value is -2.14. The molecule has 24 heavy (non-hydrogen) atoms. The van der Waals surface area contributed by atoms with Gasteiger partial charge in [-0.2, -0.15) is 0 Å². The highest BCUT2D eigenvalue weighted by molar-refractivity contribution is 7.14. The number of amides is 1. The van der Waals surface area contributed by atoms with E-state index in [1.807, 2.05) is 41.8 Å². The third-order valence-corrected chi connectivity index (χ3v) is 4.67. The molecule has 0 atom stereocenters. The number of benzene rings is 2. The first kappa shape index (κ1) is 16.7. The van der Waals surface area contributed by atoms with Gasteiger partial charge >= 0.3 is 0 Å². The summed E-state index contributed by atoms with van der Waals surface area (Å²) in [5.74, 6) is -0.228. The molecule has 2 aromatic carbocycles. The molecule has 0 aliphatic rings. The molecule has 0 unspecified atom stereocenters. The standard InChI is InChI=1S/C18H12Cl2N2OS/c19-14-8-7-13(10-15(14)20)16-11-24-18(21-16)22-17(23)9-6-12-4-2-1-3-5-12/h1-11H,(H,21,22,23)/b9-6+. The molecule has 6 heteroatoms. The summed E-state index contributed by atoms with van der Waals surface area (Å²) in [5, 5.41) is 6.10. The van der Waals surface area contributed by atoms with Gasteiger partial charge in [0.25, 0.3) is 0 Å². The average Bonchev–Trinajstić information content (AvgIpc) is 3.05. The van der Waals surface area contributed by atoms with Crippen LogP contribution in [-0.4, -0.2) is 10.9 Å². The van der Waals surface area contributed by atoms with E-state index in [1.54, 1.807) is 18.2 Å². The van der Waals surface area contributed by atoms with E-state index < -0.39 is 0 Å². The second-order valence-corrected chi connectivity index (χ2v) is 6.57. The topological polar surface area (TPSA) is 42.0 Å². The van der Waals surface area contributed by atoms with Gasteiger partial charge in [0, 0.05) is 17.0 Å². The largest absolute Gasteiger partial charge is 0.298 e. The van der Waals surface area contributed by atoms with Gasteiger partial charge in [0.1, 0.15) is 0 Å². The highest BCUT2D eigenvalue weighted by atomic mass is 35.5. The van der Waals surface area contributed by atoms with E-state index in [-0.39, 0.29) is 5.91 Å². The lowest BCUT2D eigenvalue weighted by Crippen LogP contribution is -2.07. The summed E-state index contributed by atoms with van der Waals surface area (Å²) in [7, 11) is 0. The van der Waals surface area contributed by atoms with Crippen molar-refractivity contribution in [2.75, 3.05) is 5.32 Å². The van der Waals surface area contributed by atoms with Gasteiger partial charge in [-0.25, -0.2) is 4.98 Å². The van der Waals surface area contributed by atoms with E-state index in [2.05, 4.69) is 10.3 Å². The van der Waals surface area contributed by atoms with Gasteiger partial charge in [0.2, 0.25) is 5.91 Å². The highest BCUT2D eigenvalue weighted by Gasteiger charge is 2.08. The van der Waals surface area contributed by atoms with Crippen LogP contribution in [-0.2, 0) is 4.79 Å². The lowest BCUT2D eigenvalue weighted by atomic mass is 10.2. The second kappa shape index (κ2) is 7.62. The Labute approximate surface area is 153 Å². The molecule has 1 N–H and O–H groups in total. The lowest BCUT2D eigenvalue weighted by molar-refractivity contribution is -0.111. The molecule has 3 aromatic rings. The van der Waals surface area contributed by atoms with Crippen molar-refractivity contribution in [1.82, 2.24) is 4.98 Å². The first-order chi connectivity index (χ1) is 11.6. The molecule has 0 aliphatic heterocycles. The predicted octanol–water partition coefficient (Wildman–Crippen LogP) is 5.77. The van der Waals surface area contributed by atoms with Gasteiger partial charge in [-0.15, -0.1) is 11.3 Å². The Morgan fingerprint density at radius 3 is 2.62 bits per heavy atom. The molecule has 3 rings (SSSR count). The van der Waals surface area contributed by atoms with Crippen molar-refractivity contribution >= 4 is 51.7 Å². The van der Waals surface area contributed by atoms with Gasteiger partial charge in [-0.3, -0.25) is 10.1 Å². The number of halogens is 2. The first-order valence-electron chi connectivity index (χ1n) is 7.07. The Kier molecular flexibility index (Phi) is 5.30. The summed E-state index contributed by atoms with van der Waals surface area (Å²) in [6, 6.07) is 14.9. The van der Waals surface area contributed by atoms with Crippen LogP contribution in [0.15, 0.2) is 60.0 Å². The number of aromatic nitrogens is 1. The fourth-order valence-electron chi connectivity index (χ4n) is 2.00. The molecule has 1 heterocycles. The van der Waals surface area contributed by atoms with Crippen LogP contribution in [0.5, 0.6) is 0 Å². The average molecular weight is 375 g/mol. The molecule has 0 fully saturated rings. The second-order valence-electron chi connectivity index (χ2n) is 4.90. The molecule has 0 saturated carbocycles. The summed E-state index contributed by atoms with van der Waals surface area (Å²) in [4.78, 5) is 16.4. The summed E-state index contributed by atoms with van der Waals surface area (Å²) < 4.78 is 0. The van der Waals surface area contributed by atoms with Crippen LogP contribution in [0.25, 0.3) is 17.3 Å². The number of rotatable bonds is 4. The molecule has 1 amide bonds. The van der Waals surface area contributed by atoms with Crippen LogP contribution < -0.4 is 5.32 Å². The van der Waals surface area contributed by atoms with Crippen molar-refractivity contribution in [1.29, 1.82) is 0 Å². The van der Waals surface area contributed by atoms with Crippen molar-refractivity contribution in [2.24, 2.45) is 0 Å². The minimum Gasteiger partial charge on any atom is -0.298 e. The van der Waals surface area contributed by atoms with E-state index >= 15 is 0 Å². The van der Waals surface area contributed by atoms with Gasteiger partial charge < -0.3 is 0 Å². The summed E-state index contributed by atoms with van der Waals surface area (Å²) in [6.45, 7) is 0. The van der Waals surface area contributed by atoms with Crippen molar-refractivity contribution in [2.45, 2.75) is 0 Å². The predicted molar refractivity (Wildman–Crippen MR) is 102 cm³/mol. The smallest absolute Gasteiger partial charge is 0.250 e. The molecule has 0 spiro atoms. The van der Waals surface area contributed by atoms with Crippen LogP contribution in [0.4, 0.5) is 5.13 Å². The molecule has 1 aromatic heterocycles. The number of hydrogen-bond acceptors (Lipinski definition) is 3. The van der Waals surface area contributed by atoms with Crippen molar-refractivity contribution in [3.8, 4) is 11.3 Å². The van der Waals surface area contributed by atoms with E-state index in [0.717, 1.165) is 16.8 Å². The SMILES string of the molecule is O=C(/C=C/c1ccccc1)Nc1nc(-c2ccc(Cl)c(Cl)c2)cs1. The summed E-state index contributed by atoms with van der Waals surface area (Å²) in [6.07, 6.45) is 3.23. The first-order valence-corrected chi connectivity index (χ1v) is 8.70. The Balaban J connectivity index is 1.68. The van der Waals surface area contributed by atoms with Crippen LogP contribution >= 0.6 is 34.5 Å². The Bertz CT molecular complexity index is 891. The molecule has 120 valence electrons. The summed E-state index contributed by atoms with van der Waals surface area (Å²) >= 11 is 13.3. The lowest BCUT2D eigenvalue weighted by Gasteiger charge is -2.00. The minimum atomic E-state index is -0.228. The van der Waals surface area contributed by atoms with Crippen LogP contribution in [0, 0.1) is 0 Å².